The summed E-state index contributed by atoms with van der Waals surface area (Å²) in [6.07, 6.45) is 10.1. The number of nitrogens with zero attached hydrogens (tertiary/aromatic N) is 1. The van der Waals surface area contributed by atoms with Crippen LogP contribution in [-0.2, 0) is 0 Å². The predicted molar refractivity (Wildman–Crippen MR) is 83.8 cm³/mol. The van der Waals surface area contributed by atoms with Gasteiger partial charge in [0.05, 0.1) is 10.7 Å². The van der Waals surface area contributed by atoms with Gasteiger partial charge in [-0.05, 0) is 68.5 Å². The largest absolute Gasteiger partial charge is 0.309 e. The van der Waals surface area contributed by atoms with Gasteiger partial charge in [0, 0.05) is 12.2 Å². The van der Waals surface area contributed by atoms with Gasteiger partial charge in [0.15, 0.2) is 0 Å². The summed E-state index contributed by atoms with van der Waals surface area (Å²) in [5.41, 5.74) is 1.16. The van der Waals surface area contributed by atoms with Gasteiger partial charge < -0.3 is 5.32 Å². The molecule has 0 aliphatic heterocycles. The number of fused-ring (bicyclic) bond motifs is 2. The molecular weight excluding hydrogens is 268 g/mol. The maximum absolute atomic E-state index is 5.96. The minimum Gasteiger partial charge on any atom is -0.309 e. The van der Waals surface area contributed by atoms with Gasteiger partial charge in [0.2, 0.25) is 0 Å². The Labute approximate surface area is 127 Å². The summed E-state index contributed by atoms with van der Waals surface area (Å²) < 4.78 is 0. The quantitative estimate of drug-likeness (QED) is 0.829. The zero-order valence-electron chi connectivity index (χ0n) is 12.3. The highest BCUT2D eigenvalue weighted by Gasteiger charge is 2.40. The topological polar surface area (TPSA) is 24.9 Å². The zero-order chi connectivity index (χ0) is 13.9. The molecule has 4 atom stereocenters. The number of halogens is 1. The fraction of sp³-hybridized carbons (Fsp3) is 0.706. The lowest BCUT2D eigenvalue weighted by Gasteiger charge is -2.27. The van der Waals surface area contributed by atoms with Crippen molar-refractivity contribution >= 4 is 11.6 Å². The molecule has 1 aromatic heterocycles. The van der Waals surface area contributed by atoms with Crippen molar-refractivity contribution in [2.75, 3.05) is 6.54 Å². The molecular formula is C17H25ClN2. The van der Waals surface area contributed by atoms with Crippen LogP contribution in [0.15, 0.2) is 18.3 Å². The second-order valence-electron chi connectivity index (χ2n) is 6.58. The highest BCUT2D eigenvalue weighted by Crippen LogP contribution is 2.50. The lowest BCUT2D eigenvalue weighted by Crippen LogP contribution is -2.27. The van der Waals surface area contributed by atoms with Crippen LogP contribution >= 0.6 is 11.6 Å². The molecule has 2 aliphatic carbocycles. The zero-order valence-corrected chi connectivity index (χ0v) is 13.1. The number of pyridine rings is 1. The van der Waals surface area contributed by atoms with Crippen LogP contribution in [0.3, 0.4) is 0 Å². The lowest BCUT2D eigenvalue weighted by molar-refractivity contribution is 0.277. The van der Waals surface area contributed by atoms with Crippen LogP contribution in [0.25, 0.3) is 0 Å². The fourth-order valence-corrected chi connectivity index (χ4v) is 4.30. The van der Waals surface area contributed by atoms with E-state index >= 15 is 0 Å². The van der Waals surface area contributed by atoms with Crippen LogP contribution in [0.5, 0.6) is 0 Å². The van der Waals surface area contributed by atoms with Crippen LogP contribution in [0.2, 0.25) is 5.02 Å². The highest BCUT2D eigenvalue weighted by atomic mass is 35.5. The molecule has 1 aromatic rings. The molecule has 3 rings (SSSR count). The van der Waals surface area contributed by atoms with Crippen molar-refractivity contribution in [2.24, 2.45) is 17.8 Å². The third-order valence-electron chi connectivity index (χ3n) is 5.17. The average molecular weight is 293 g/mol. The SMILES string of the molecule is CCCNC(CC1CC2CCC1C2)c1ccc(Cl)cn1. The Hall–Kier alpha value is -0.600. The van der Waals surface area contributed by atoms with Crippen molar-refractivity contribution in [1.29, 1.82) is 0 Å². The van der Waals surface area contributed by atoms with Gasteiger partial charge in [-0.3, -0.25) is 4.98 Å². The van der Waals surface area contributed by atoms with Gasteiger partial charge in [-0.25, -0.2) is 0 Å². The molecule has 0 spiro atoms. The molecule has 1 heterocycles. The summed E-state index contributed by atoms with van der Waals surface area (Å²) in [6.45, 7) is 3.28. The summed E-state index contributed by atoms with van der Waals surface area (Å²) in [7, 11) is 0. The molecule has 0 amide bonds. The molecule has 0 aromatic carbocycles. The first kappa shape index (κ1) is 14.3. The molecule has 4 unspecified atom stereocenters. The number of aromatic nitrogens is 1. The number of nitrogens with one attached hydrogen (secondary N) is 1. The molecule has 2 aliphatic rings. The normalized spacial score (nSPS) is 29.8. The first-order valence-corrected chi connectivity index (χ1v) is 8.49. The van der Waals surface area contributed by atoms with Crippen molar-refractivity contribution in [3.63, 3.8) is 0 Å². The van der Waals surface area contributed by atoms with E-state index < -0.39 is 0 Å². The van der Waals surface area contributed by atoms with E-state index in [0.29, 0.717) is 6.04 Å². The summed E-state index contributed by atoms with van der Waals surface area (Å²) in [4.78, 5) is 4.54. The Bertz CT molecular complexity index is 431. The van der Waals surface area contributed by atoms with Gasteiger partial charge in [-0.2, -0.15) is 0 Å². The van der Waals surface area contributed by atoms with Crippen molar-refractivity contribution < 1.29 is 0 Å². The third kappa shape index (κ3) is 3.17. The van der Waals surface area contributed by atoms with Crippen LogP contribution in [0.1, 0.15) is 57.2 Å². The minimum absolute atomic E-state index is 0.400. The van der Waals surface area contributed by atoms with E-state index in [9.17, 15) is 0 Å². The third-order valence-corrected chi connectivity index (χ3v) is 5.39. The van der Waals surface area contributed by atoms with E-state index in [0.717, 1.165) is 35.0 Å². The predicted octanol–water partition coefficient (Wildman–Crippen LogP) is 4.60. The Morgan fingerprint density at radius 2 is 2.25 bits per heavy atom. The average Bonchev–Trinajstić information content (AvgIpc) is 3.07. The van der Waals surface area contributed by atoms with E-state index in [1.54, 1.807) is 6.20 Å². The minimum atomic E-state index is 0.400. The Morgan fingerprint density at radius 1 is 1.35 bits per heavy atom. The monoisotopic (exact) mass is 292 g/mol. The second kappa shape index (κ2) is 6.44. The van der Waals surface area contributed by atoms with Gasteiger partial charge in [-0.15, -0.1) is 0 Å². The van der Waals surface area contributed by atoms with E-state index in [1.165, 1.54) is 38.5 Å². The Kier molecular flexibility index (Phi) is 4.62. The van der Waals surface area contributed by atoms with Crippen molar-refractivity contribution in [2.45, 2.75) is 51.5 Å². The Balaban J connectivity index is 1.67. The van der Waals surface area contributed by atoms with Crippen molar-refractivity contribution in [3.05, 3.63) is 29.0 Å². The van der Waals surface area contributed by atoms with Gasteiger partial charge in [0.25, 0.3) is 0 Å². The molecule has 3 heteroatoms. The maximum atomic E-state index is 5.96. The standard InChI is InChI=1S/C17H25ClN2/c1-2-7-19-17(16-6-5-15(18)11-20-16)10-14-9-12-3-4-13(14)8-12/h5-6,11-14,17,19H,2-4,7-10H2,1H3. The molecule has 2 fully saturated rings. The fourth-order valence-electron chi connectivity index (χ4n) is 4.19. The summed E-state index contributed by atoms with van der Waals surface area (Å²) in [6, 6.07) is 4.45. The van der Waals surface area contributed by atoms with E-state index in [2.05, 4.69) is 23.3 Å². The lowest BCUT2D eigenvalue weighted by atomic mass is 9.83. The molecule has 2 nitrogen and oxygen atoms in total. The van der Waals surface area contributed by atoms with Crippen LogP contribution in [-0.4, -0.2) is 11.5 Å². The first-order valence-electron chi connectivity index (χ1n) is 8.11. The summed E-state index contributed by atoms with van der Waals surface area (Å²) in [5, 5.41) is 4.41. The number of hydrogen-bond acceptors (Lipinski definition) is 2. The van der Waals surface area contributed by atoms with E-state index in [-0.39, 0.29) is 0 Å². The van der Waals surface area contributed by atoms with Crippen LogP contribution in [0.4, 0.5) is 0 Å². The smallest absolute Gasteiger partial charge is 0.0589 e. The van der Waals surface area contributed by atoms with E-state index in [4.69, 9.17) is 11.6 Å². The first-order chi connectivity index (χ1) is 9.76. The van der Waals surface area contributed by atoms with Gasteiger partial charge in [0.1, 0.15) is 0 Å². The Morgan fingerprint density at radius 3 is 2.85 bits per heavy atom. The summed E-state index contributed by atoms with van der Waals surface area (Å²) in [5.74, 6) is 2.91. The number of rotatable bonds is 6. The maximum Gasteiger partial charge on any atom is 0.0589 e. The van der Waals surface area contributed by atoms with Crippen LogP contribution in [0, 0.1) is 17.8 Å². The van der Waals surface area contributed by atoms with Crippen molar-refractivity contribution in [1.82, 2.24) is 10.3 Å². The highest BCUT2D eigenvalue weighted by molar-refractivity contribution is 6.30. The van der Waals surface area contributed by atoms with Crippen molar-refractivity contribution in [3.8, 4) is 0 Å². The van der Waals surface area contributed by atoms with E-state index in [1.807, 2.05) is 6.07 Å². The molecule has 20 heavy (non-hydrogen) atoms. The molecule has 2 saturated carbocycles. The van der Waals surface area contributed by atoms with Gasteiger partial charge >= 0.3 is 0 Å². The molecule has 0 saturated heterocycles. The second-order valence-corrected chi connectivity index (χ2v) is 7.02. The molecule has 110 valence electrons. The van der Waals surface area contributed by atoms with Gasteiger partial charge in [-0.1, -0.05) is 24.9 Å². The molecule has 2 bridgehead atoms. The number of hydrogen-bond donors (Lipinski definition) is 1. The molecule has 0 radical (unpaired) electrons. The molecule has 1 N–H and O–H groups in total. The van der Waals surface area contributed by atoms with Crippen LogP contribution < -0.4 is 5.32 Å². The summed E-state index contributed by atoms with van der Waals surface area (Å²) >= 11 is 5.96.